The van der Waals surface area contributed by atoms with Crippen LogP contribution in [0.2, 0.25) is 0 Å². The molecule has 0 saturated carbocycles. The lowest BCUT2D eigenvalue weighted by atomic mass is 10.1. The second-order valence-corrected chi connectivity index (χ2v) is 8.03. The van der Waals surface area contributed by atoms with Crippen LogP contribution < -0.4 is 10.3 Å². The summed E-state index contributed by atoms with van der Waals surface area (Å²) in [5.74, 6) is 1.43. The van der Waals surface area contributed by atoms with Crippen LogP contribution >= 0.6 is 0 Å². The van der Waals surface area contributed by atoms with Crippen LogP contribution in [0.5, 0.6) is 5.75 Å². The number of nitrogens with zero attached hydrogens (tertiary/aromatic N) is 3. The molecule has 0 aliphatic carbocycles. The van der Waals surface area contributed by atoms with Gasteiger partial charge in [0.15, 0.2) is 0 Å². The SMILES string of the molecule is CCCCCN(C(=O)Cc1ccc(OC)cc1)C(C)c1nc2ccccc2c(=O)n1CC. The molecular formula is C26H33N3O3. The second kappa shape index (κ2) is 10.9. The molecule has 0 aliphatic heterocycles. The summed E-state index contributed by atoms with van der Waals surface area (Å²) in [5.41, 5.74) is 1.54. The molecule has 1 aromatic heterocycles. The number of rotatable bonds is 10. The highest BCUT2D eigenvalue weighted by Gasteiger charge is 2.25. The van der Waals surface area contributed by atoms with Gasteiger partial charge in [0.1, 0.15) is 11.6 Å². The molecule has 0 spiro atoms. The number of unbranched alkanes of at least 4 members (excludes halogenated alkanes) is 2. The molecule has 3 aromatic rings. The fourth-order valence-corrected chi connectivity index (χ4v) is 4.04. The number of hydrogen-bond donors (Lipinski definition) is 0. The Bertz CT molecular complexity index is 1110. The first-order chi connectivity index (χ1) is 15.5. The van der Waals surface area contributed by atoms with Gasteiger partial charge in [-0.2, -0.15) is 0 Å². The minimum absolute atomic E-state index is 0.0313. The minimum atomic E-state index is -0.310. The van der Waals surface area contributed by atoms with Crippen LogP contribution in [0, 0.1) is 0 Å². The van der Waals surface area contributed by atoms with Crippen LogP contribution in [0.25, 0.3) is 10.9 Å². The van der Waals surface area contributed by atoms with E-state index in [1.807, 2.05) is 61.2 Å². The van der Waals surface area contributed by atoms with Gasteiger partial charge in [0.05, 0.1) is 30.5 Å². The summed E-state index contributed by atoms with van der Waals surface area (Å²) in [5, 5.41) is 0.604. The number of methoxy groups -OCH3 is 1. The summed E-state index contributed by atoms with van der Waals surface area (Å²) in [6.45, 7) is 7.20. The summed E-state index contributed by atoms with van der Waals surface area (Å²) in [6, 6.07) is 14.7. The van der Waals surface area contributed by atoms with Crippen LogP contribution in [0.1, 0.15) is 57.5 Å². The standard InChI is InChI=1S/C26H33N3O3/c1-5-7-10-17-29(24(30)18-20-13-15-21(32-4)16-14-20)19(3)25-27-23-12-9-8-11-22(23)26(31)28(25)6-2/h8-9,11-16,19H,5-7,10,17-18H2,1-4H3. The number of benzene rings is 2. The van der Waals surface area contributed by atoms with E-state index in [2.05, 4.69) is 6.92 Å². The third-order valence-electron chi connectivity index (χ3n) is 5.89. The molecule has 0 saturated heterocycles. The van der Waals surface area contributed by atoms with E-state index >= 15 is 0 Å². The topological polar surface area (TPSA) is 64.4 Å². The normalized spacial score (nSPS) is 12.0. The van der Waals surface area contributed by atoms with Gasteiger partial charge < -0.3 is 9.64 Å². The lowest BCUT2D eigenvalue weighted by molar-refractivity contribution is -0.133. The maximum absolute atomic E-state index is 13.4. The van der Waals surface area contributed by atoms with Crippen molar-refractivity contribution >= 4 is 16.8 Å². The predicted molar refractivity (Wildman–Crippen MR) is 128 cm³/mol. The molecule has 6 heteroatoms. The zero-order chi connectivity index (χ0) is 23.1. The van der Waals surface area contributed by atoms with Gasteiger partial charge in [-0.1, -0.05) is 44.0 Å². The molecule has 170 valence electrons. The molecule has 0 N–H and O–H groups in total. The van der Waals surface area contributed by atoms with Crippen molar-refractivity contribution in [1.82, 2.24) is 14.5 Å². The summed E-state index contributed by atoms with van der Waals surface area (Å²) in [4.78, 5) is 33.2. The maximum atomic E-state index is 13.4. The molecule has 1 atom stereocenters. The van der Waals surface area contributed by atoms with Crippen molar-refractivity contribution < 1.29 is 9.53 Å². The van der Waals surface area contributed by atoms with Crippen molar-refractivity contribution in [3.63, 3.8) is 0 Å². The summed E-state index contributed by atoms with van der Waals surface area (Å²) < 4.78 is 6.91. The highest BCUT2D eigenvalue weighted by molar-refractivity contribution is 5.80. The molecule has 6 nitrogen and oxygen atoms in total. The number of aromatic nitrogens is 2. The van der Waals surface area contributed by atoms with E-state index in [1.165, 1.54) is 0 Å². The van der Waals surface area contributed by atoms with E-state index in [0.29, 0.717) is 36.2 Å². The first kappa shape index (κ1) is 23.5. The van der Waals surface area contributed by atoms with Gasteiger partial charge in [0.25, 0.3) is 5.56 Å². The van der Waals surface area contributed by atoms with E-state index in [-0.39, 0.29) is 17.5 Å². The molecule has 0 radical (unpaired) electrons. The molecule has 3 rings (SSSR count). The van der Waals surface area contributed by atoms with E-state index < -0.39 is 0 Å². The van der Waals surface area contributed by atoms with Gasteiger partial charge in [-0.3, -0.25) is 14.2 Å². The van der Waals surface area contributed by atoms with Crippen LogP contribution in [0.4, 0.5) is 0 Å². The Hall–Kier alpha value is -3.15. The molecule has 0 bridgehead atoms. The first-order valence-corrected chi connectivity index (χ1v) is 11.4. The minimum Gasteiger partial charge on any atom is -0.497 e. The van der Waals surface area contributed by atoms with Crippen molar-refractivity contribution in [2.75, 3.05) is 13.7 Å². The Morgan fingerprint density at radius 3 is 2.47 bits per heavy atom. The van der Waals surface area contributed by atoms with E-state index in [0.717, 1.165) is 30.6 Å². The average Bonchev–Trinajstić information content (AvgIpc) is 2.82. The number of hydrogen-bond acceptors (Lipinski definition) is 4. The Balaban J connectivity index is 1.95. The smallest absolute Gasteiger partial charge is 0.261 e. The lowest BCUT2D eigenvalue weighted by Gasteiger charge is -2.30. The molecule has 32 heavy (non-hydrogen) atoms. The van der Waals surface area contributed by atoms with Crippen LogP contribution in [-0.4, -0.2) is 34.0 Å². The molecule has 1 unspecified atom stereocenters. The highest BCUT2D eigenvalue weighted by atomic mass is 16.5. The Morgan fingerprint density at radius 2 is 1.81 bits per heavy atom. The third kappa shape index (κ3) is 5.18. The number of carbonyl (C=O) groups excluding carboxylic acids is 1. The van der Waals surface area contributed by atoms with Crippen molar-refractivity contribution in [2.24, 2.45) is 0 Å². The Kier molecular flexibility index (Phi) is 8.03. The first-order valence-electron chi connectivity index (χ1n) is 11.4. The Morgan fingerprint density at radius 1 is 1.09 bits per heavy atom. The third-order valence-corrected chi connectivity index (χ3v) is 5.89. The molecule has 2 aromatic carbocycles. The summed E-state index contributed by atoms with van der Waals surface area (Å²) in [6.07, 6.45) is 3.33. The number of amides is 1. The van der Waals surface area contributed by atoms with Crippen molar-refractivity contribution in [1.29, 1.82) is 0 Å². The van der Waals surface area contributed by atoms with Crippen molar-refractivity contribution in [2.45, 2.75) is 59.0 Å². The fourth-order valence-electron chi connectivity index (χ4n) is 4.04. The fraction of sp³-hybridized carbons (Fsp3) is 0.423. The second-order valence-electron chi connectivity index (χ2n) is 8.03. The quantitative estimate of drug-likeness (QED) is 0.431. The number of ether oxygens (including phenoxy) is 1. The van der Waals surface area contributed by atoms with Crippen LogP contribution in [-0.2, 0) is 17.8 Å². The molecule has 0 aliphatic rings. The van der Waals surface area contributed by atoms with Gasteiger partial charge in [-0.05, 0) is 50.1 Å². The highest BCUT2D eigenvalue weighted by Crippen LogP contribution is 2.22. The number of fused-ring (bicyclic) bond motifs is 1. The summed E-state index contributed by atoms with van der Waals surface area (Å²) >= 11 is 0. The van der Waals surface area contributed by atoms with Crippen molar-refractivity contribution in [3.05, 3.63) is 70.3 Å². The zero-order valence-electron chi connectivity index (χ0n) is 19.5. The van der Waals surface area contributed by atoms with Gasteiger partial charge in [0.2, 0.25) is 5.91 Å². The van der Waals surface area contributed by atoms with E-state index in [4.69, 9.17) is 9.72 Å². The van der Waals surface area contributed by atoms with E-state index in [1.54, 1.807) is 17.7 Å². The molecule has 1 amide bonds. The largest absolute Gasteiger partial charge is 0.497 e. The number of para-hydroxylation sites is 1. The Labute approximate surface area is 189 Å². The summed E-state index contributed by atoms with van der Waals surface area (Å²) in [7, 11) is 1.63. The van der Waals surface area contributed by atoms with Gasteiger partial charge >= 0.3 is 0 Å². The van der Waals surface area contributed by atoms with Crippen LogP contribution in [0.3, 0.4) is 0 Å². The molecule has 0 fully saturated rings. The van der Waals surface area contributed by atoms with Gasteiger partial charge in [-0.15, -0.1) is 0 Å². The van der Waals surface area contributed by atoms with E-state index in [9.17, 15) is 9.59 Å². The lowest BCUT2D eigenvalue weighted by Crippen LogP contribution is -2.39. The average molecular weight is 436 g/mol. The van der Waals surface area contributed by atoms with Crippen molar-refractivity contribution in [3.8, 4) is 5.75 Å². The van der Waals surface area contributed by atoms with Gasteiger partial charge in [-0.25, -0.2) is 4.98 Å². The van der Waals surface area contributed by atoms with Gasteiger partial charge in [0, 0.05) is 13.1 Å². The van der Waals surface area contributed by atoms with Crippen LogP contribution in [0.15, 0.2) is 53.3 Å². The monoisotopic (exact) mass is 435 g/mol. The molecule has 1 heterocycles. The molecular weight excluding hydrogens is 402 g/mol. The maximum Gasteiger partial charge on any atom is 0.261 e. The zero-order valence-corrected chi connectivity index (χ0v) is 19.5. The predicted octanol–water partition coefficient (Wildman–Crippen LogP) is 4.75. The number of carbonyl (C=O) groups is 1.